The summed E-state index contributed by atoms with van der Waals surface area (Å²) in [5.74, 6) is 0.175. The van der Waals surface area contributed by atoms with Crippen molar-refractivity contribution in [1.82, 2.24) is 0 Å². The smallest absolute Gasteiger partial charge is 0.119 e. The number of hydrogen-bond acceptors (Lipinski definition) is 2. The summed E-state index contributed by atoms with van der Waals surface area (Å²) in [5.41, 5.74) is 0.803. The van der Waals surface area contributed by atoms with Crippen LogP contribution in [-0.2, 0) is 0 Å². The zero-order valence-electron chi connectivity index (χ0n) is 15.9. The summed E-state index contributed by atoms with van der Waals surface area (Å²) in [4.78, 5) is 0. The van der Waals surface area contributed by atoms with E-state index in [1.807, 2.05) is 18.2 Å². The summed E-state index contributed by atoms with van der Waals surface area (Å²) in [6.07, 6.45) is 24.3. The fourth-order valence-electron chi connectivity index (χ4n) is 2.98. The van der Waals surface area contributed by atoms with Crippen LogP contribution >= 0.6 is 0 Å². The topological polar surface area (TPSA) is 40.5 Å². The van der Waals surface area contributed by atoms with Gasteiger partial charge >= 0.3 is 0 Å². The third kappa shape index (κ3) is 12.3. The molecule has 0 saturated heterocycles. The minimum Gasteiger partial charge on any atom is -0.508 e. The van der Waals surface area contributed by atoms with E-state index in [-0.39, 0.29) is 11.5 Å². The van der Waals surface area contributed by atoms with Crippen LogP contribution in [0.4, 0.5) is 0 Å². The third-order valence-electron chi connectivity index (χ3n) is 4.44. The van der Waals surface area contributed by atoms with E-state index in [0.29, 0.717) is 0 Å². The predicted octanol–water partition coefficient (Wildman–Crippen LogP) is 7.37. The van der Waals surface area contributed by atoms with Crippen molar-refractivity contribution in [2.45, 2.75) is 84.0 Å². The molecule has 1 rings (SSSR count). The highest BCUT2D eigenvalue weighted by Crippen LogP contribution is 2.21. The lowest BCUT2D eigenvalue weighted by Gasteiger charge is -2.01. The van der Waals surface area contributed by atoms with Gasteiger partial charge in [0.05, 0.1) is 0 Å². The summed E-state index contributed by atoms with van der Waals surface area (Å²) in [5, 5.41) is 18.8. The van der Waals surface area contributed by atoms with Gasteiger partial charge in [-0.15, -0.1) is 0 Å². The Labute approximate surface area is 154 Å². The van der Waals surface area contributed by atoms with E-state index >= 15 is 0 Å². The lowest BCUT2D eigenvalue weighted by atomic mass is 10.1. The molecular weight excluding hydrogens is 308 g/mol. The number of rotatable bonds is 14. The number of phenolic OH excluding ortho intramolecular Hbond substituents is 2. The normalized spacial score (nSPS) is 11.7. The average molecular weight is 345 g/mol. The fourth-order valence-corrected chi connectivity index (χ4v) is 2.98. The first-order valence-corrected chi connectivity index (χ1v) is 10.1. The Morgan fingerprint density at radius 2 is 1.20 bits per heavy atom. The first-order valence-electron chi connectivity index (χ1n) is 10.1. The van der Waals surface area contributed by atoms with E-state index in [1.165, 1.54) is 76.7 Å². The highest BCUT2D eigenvalue weighted by molar-refractivity contribution is 5.55. The van der Waals surface area contributed by atoms with Gasteiger partial charge in [-0.25, -0.2) is 0 Å². The molecule has 25 heavy (non-hydrogen) atoms. The Bertz CT molecular complexity index is 483. The van der Waals surface area contributed by atoms with Gasteiger partial charge in [0.15, 0.2) is 0 Å². The molecular formula is C23H36O2. The van der Waals surface area contributed by atoms with Crippen molar-refractivity contribution in [3.05, 3.63) is 42.0 Å². The second-order valence-electron chi connectivity index (χ2n) is 6.89. The van der Waals surface area contributed by atoms with Crippen molar-refractivity contribution >= 4 is 6.08 Å². The molecule has 0 amide bonds. The van der Waals surface area contributed by atoms with Crippen molar-refractivity contribution in [3.8, 4) is 11.5 Å². The molecule has 1 aromatic carbocycles. The van der Waals surface area contributed by atoms with Crippen LogP contribution in [0.1, 0.15) is 89.5 Å². The van der Waals surface area contributed by atoms with Crippen molar-refractivity contribution in [1.29, 1.82) is 0 Å². The van der Waals surface area contributed by atoms with Gasteiger partial charge in [-0.3, -0.25) is 0 Å². The molecule has 0 radical (unpaired) electrons. The molecule has 0 aliphatic rings. The molecule has 2 N–H and O–H groups in total. The van der Waals surface area contributed by atoms with E-state index in [4.69, 9.17) is 0 Å². The van der Waals surface area contributed by atoms with Crippen molar-refractivity contribution < 1.29 is 10.2 Å². The van der Waals surface area contributed by atoms with Gasteiger partial charge in [0.1, 0.15) is 11.5 Å². The molecule has 0 unspecified atom stereocenters. The van der Waals surface area contributed by atoms with Gasteiger partial charge in [0.25, 0.3) is 0 Å². The molecule has 0 aliphatic heterocycles. The molecule has 0 saturated carbocycles. The second kappa shape index (κ2) is 14.6. The van der Waals surface area contributed by atoms with Gasteiger partial charge in [0, 0.05) is 6.07 Å². The molecule has 0 fully saturated rings. The zero-order valence-corrected chi connectivity index (χ0v) is 15.9. The summed E-state index contributed by atoms with van der Waals surface area (Å²) in [6.45, 7) is 2.27. The lowest BCUT2D eigenvalue weighted by molar-refractivity contribution is 0.450. The number of aromatic hydroxyl groups is 2. The molecule has 1 aromatic rings. The maximum absolute atomic E-state index is 9.41. The SMILES string of the molecule is CCCCCCCCCCCCCC=CC=Cc1cc(O)cc(O)c1. The molecule has 0 atom stereocenters. The number of hydrogen-bond donors (Lipinski definition) is 2. The number of allylic oxidation sites excluding steroid dienone is 3. The molecule has 0 aliphatic carbocycles. The molecule has 0 bridgehead atoms. The third-order valence-corrected chi connectivity index (χ3v) is 4.44. The van der Waals surface area contributed by atoms with Crippen LogP contribution in [0.15, 0.2) is 36.4 Å². The van der Waals surface area contributed by atoms with E-state index in [1.54, 1.807) is 12.1 Å². The highest BCUT2D eigenvalue weighted by Gasteiger charge is 1.95. The summed E-state index contributed by atoms with van der Waals surface area (Å²) >= 11 is 0. The van der Waals surface area contributed by atoms with Crippen LogP contribution in [0.25, 0.3) is 6.08 Å². The standard InChI is InChI=1S/C23H36O2/c1-2-3-4-5-6-7-8-9-10-11-12-13-14-15-16-17-21-18-22(24)20-23(25)19-21/h14-20,24-25H,2-13H2,1H3. The zero-order chi connectivity index (χ0) is 18.2. The first-order chi connectivity index (χ1) is 12.2. The van der Waals surface area contributed by atoms with Gasteiger partial charge < -0.3 is 10.2 Å². The monoisotopic (exact) mass is 344 g/mol. The first kappa shape index (κ1) is 21.3. The molecule has 140 valence electrons. The lowest BCUT2D eigenvalue weighted by Crippen LogP contribution is -1.81. The second-order valence-corrected chi connectivity index (χ2v) is 6.89. The van der Waals surface area contributed by atoms with Crippen LogP contribution in [0.2, 0.25) is 0 Å². The molecule has 0 spiro atoms. The Balaban J connectivity index is 1.95. The fraction of sp³-hybridized carbons (Fsp3) is 0.565. The van der Waals surface area contributed by atoms with Crippen LogP contribution in [0.3, 0.4) is 0 Å². The van der Waals surface area contributed by atoms with Gasteiger partial charge in [-0.1, -0.05) is 95.4 Å². The maximum atomic E-state index is 9.41. The van der Waals surface area contributed by atoms with E-state index in [0.717, 1.165) is 12.0 Å². The molecule has 0 heterocycles. The number of unbranched alkanes of at least 4 members (excludes halogenated alkanes) is 11. The Morgan fingerprint density at radius 1 is 0.680 bits per heavy atom. The number of phenols is 2. The van der Waals surface area contributed by atoms with Crippen molar-refractivity contribution in [2.24, 2.45) is 0 Å². The minimum atomic E-state index is 0.0876. The Hall–Kier alpha value is -1.70. The highest BCUT2D eigenvalue weighted by atomic mass is 16.3. The largest absolute Gasteiger partial charge is 0.508 e. The Kier molecular flexibility index (Phi) is 12.5. The number of benzene rings is 1. The molecule has 2 nitrogen and oxygen atoms in total. The minimum absolute atomic E-state index is 0.0876. The van der Waals surface area contributed by atoms with Gasteiger partial charge in [-0.05, 0) is 30.5 Å². The quantitative estimate of drug-likeness (QED) is 0.273. The average Bonchev–Trinajstić information content (AvgIpc) is 2.57. The van der Waals surface area contributed by atoms with Crippen LogP contribution in [-0.4, -0.2) is 10.2 Å². The van der Waals surface area contributed by atoms with E-state index in [2.05, 4.69) is 13.0 Å². The van der Waals surface area contributed by atoms with Gasteiger partial charge in [-0.2, -0.15) is 0 Å². The summed E-state index contributed by atoms with van der Waals surface area (Å²) in [7, 11) is 0. The Morgan fingerprint density at radius 3 is 1.76 bits per heavy atom. The van der Waals surface area contributed by atoms with Crippen LogP contribution in [0, 0.1) is 0 Å². The van der Waals surface area contributed by atoms with Gasteiger partial charge in [0.2, 0.25) is 0 Å². The van der Waals surface area contributed by atoms with Crippen LogP contribution < -0.4 is 0 Å². The molecule has 0 aromatic heterocycles. The van der Waals surface area contributed by atoms with Crippen LogP contribution in [0.5, 0.6) is 11.5 Å². The van der Waals surface area contributed by atoms with E-state index < -0.39 is 0 Å². The summed E-state index contributed by atoms with van der Waals surface area (Å²) < 4.78 is 0. The maximum Gasteiger partial charge on any atom is 0.119 e. The molecule has 2 heteroatoms. The van der Waals surface area contributed by atoms with Crippen molar-refractivity contribution in [3.63, 3.8) is 0 Å². The predicted molar refractivity (Wildman–Crippen MR) is 109 cm³/mol. The summed E-state index contributed by atoms with van der Waals surface area (Å²) in [6, 6.07) is 4.60. The van der Waals surface area contributed by atoms with E-state index in [9.17, 15) is 10.2 Å². The van der Waals surface area contributed by atoms with Crippen molar-refractivity contribution in [2.75, 3.05) is 0 Å².